The number of amides is 1. The van der Waals surface area contributed by atoms with Gasteiger partial charge in [-0.2, -0.15) is 0 Å². The largest absolute Gasteiger partial charge is 0.462 e. The first-order chi connectivity index (χ1) is 13.3. The Bertz CT molecular complexity index is 989. The Hall–Kier alpha value is -3.19. The third-order valence-electron chi connectivity index (χ3n) is 4.06. The third kappa shape index (κ3) is 4.51. The van der Waals surface area contributed by atoms with Crippen molar-refractivity contribution >= 4 is 17.2 Å². The van der Waals surface area contributed by atoms with Crippen molar-refractivity contribution in [3.63, 3.8) is 0 Å². The van der Waals surface area contributed by atoms with Gasteiger partial charge in [-0.3, -0.25) is 4.79 Å². The number of carbonyl (C=O) groups excluding carboxylic acids is 1. The van der Waals surface area contributed by atoms with Crippen molar-refractivity contribution in [1.82, 2.24) is 19.9 Å². The van der Waals surface area contributed by atoms with E-state index in [0.717, 1.165) is 28.6 Å². The predicted octanol–water partition coefficient (Wildman–Crippen LogP) is 3.51. The lowest BCUT2D eigenvalue weighted by Gasteiger charge is -2.07. The zero-order chi connectivity index (χ0) is 18.5. The molecule has 4 aromatic rings. The van der Waals surface area contributed by atoms with Gasteiger partial charge in [0.15, 0.2) is 10.8 Å². The highest BCUT2D eigenvalue weighted by molar-refractivity contribution is 7.13. The van der Waals surface area contributed by atoms with Crippen LogP contribution in [0.25, 0.3) is 10.8 Å². The Morgan fingerprint density at radius 3 is 2.78 bits per heavy atom. The number of hydrogen-bond acceptors (Lipinski definition) is 5. The molecule has 0 atom stereocenters. The first-order valence-electron chi connectivity index (χ1n) is 8.55. The van der Waals surface area contributed by atoms with Crippen LogP contribution in [0.5, 0.6) is 0 Å². The summed E-state index contributed by atoms with van der Waals surface area (Å²) in [4.78, 5) is 20.7. The van der Waals surface area contributed by atoms with Gasteiger partial charge in [-0.1, -0.05) is 24.3 Å². The molecule has 3 aromatic heterocycles. The molecule has 0 aliphatic carbocycles. The fourth-order valence-corrected chi connectivity index (χ4v) is 3.47. The van der Waals surface area contributed by atoms with Crippen LogP contribution in [0.4, 0.5) is 0 Å². The van der Waals surface area contributed by atoms with Crippen molar-refractivity contribution in [2.45, 2.75) is 19.5 Å². The Morgan fingerprint density at radius 1 is 1.19 bits per heavy atom. The Labute approximate surface area is 160 Å². The molecule has 1 N–H and O–H groups in total. The lowest BCUT2D eigenvalue weighted by atomic mass is 10.1. The van der Waals surface area contributed by atoms with Crippen LogP contribution in [0.1, 0.15) is 16.8 Å². The molecule has 0 spiro atoms. The standard InChI is InChI=1S/C20H18N4O2S/c25-19(10-17-13-27-20(23-17)18-2-1-9-26-18)22-11-15-3-5-16(6-4-15)12-24-8-7-21-14-24/h1-9,13-14H,10-12H2,(H,22,25). The molecule has 1 amide bonds. The predicted molar refractivity (Wildman–Crippen MR) is 103 cm³/mol. The van der Waals surface area contributed by atoms with Gasteiger partial charge < -0.3 is 14.3 Å². The van der Waals surface area contributed by atoms with Crippen molar-refractivity contribution in [3.8, 4) is 10.8 Å². The second-order valence-corrected chi connectivity index (χ2v) is 6.98. The average Bonchev–Trinajstić information content (AvgIpc) is 3.43. The van der Waals surface area contributed by atoms with Gasteiger partial charge in [-0.05, 0) is 23.3 Å². The summed E-state index contributed by atoms with van der Waals surface area (Å²) >= 11 is 1.48. The number of nitrogens with one attached hydrogen (secondary N) is 1. The molecular formula is C20H18N4O2S. The fraction of sp³-hybridized carbons (Fsp3) is 0.150. The monoisotopic (exact) mass is 378 g/mol. The number of carbonyl (C=O) groups is 1. The van der Waals surface area contributed by atoms with Gasteiger partial charge >= 0.3 is 0 Å². The van der Waals surface area contributed by atoms with Crippen molar-refractivity contribution in [2.24, 2.45) is 0 Å². The number of thiazole rings is 1. The molecule has 7 heteroatoms. The van der Waals surface area contributed by atoms with Crippen LogP contribution in [0.3, 0.4) is 0 Å². The molecule has 0 aliphatic rings. The normalized spacial score (nSPS) is 10.8. The molecule has 0 unspecified atom stereocenters. The lowest BCUT2D eigenvalue weighted by Crippen LogP contribution is -2.24. The van der Waals surface area contributed by atoms with E-state index in [1.807, 2.05) is 40.4 Å². The van der Waals surface area contributed by atoms with Crippen LogP contribution in [-0.2, 0) is 24.3 Å². The summed E-state index contributed by atoms with van der Waals surface area (Å²) in [7, 11) is 0. The van der Waals surface area contributed by atoms with Gasteiger partial charge in [0, 0.05) is 30.9 Å². The molecule has 0 fully saturated rings. The summed E-state index contributed by atoms with van der Waals surface area (Å²) in [5, 5.41) is 5.62. The topological polar surface area (TPSA) is 73.0 Å². The lowest BCUT2D eigenvalue weighted by molar-refractivity contribution is -0.120. The van der Waals surface area contributed by atoms with E-state index in [0.29, 0.717) is 6.54 Å². The first-order valence-corrected chi connectivity index (χ1v) is 9.43. The molecular weight excluding hydrogens is 360 g/mol. The van der Waals surface area contributed by atoms with Crippen molar-refractivity contribution < 1.29 is 9.21 Å². The van der Waals surface area contributed by atoms with Crippen molar-refractivity contribution in [1.29, 1.82) is 0 Å². The highest BCUT2D eigenvalue weighted by atomic mass is 32.1. The minimum Gasteiger partial charge on any atom is -0.462 e. The molecule has 0 saturated carbocycles. The zero-order valence-corrected chi connectivity index (χ0v) is 15.4. The summed E-state index contributed by atoms with van der Waals surface area (Å²) in [6.45, 7) is 1.29. The van der Waals surface area contributed by atoms with E-state index in [9.17, 15) is 4.79 Å². The highest BCUT2D eigenvalue weighted by Gasteiger charge is 2.10. The van der Waals surface area contributed by atoms with E-state index in [-0.39, 0.29) is 12.3 Å². The van der Waals surface area contributed by atoms with E-state index in [1.165, 1.54) is 16.9 Å². The molecule has 0 bridgehead atoms. The summed E-state index contributed by atoms with van der Waals surface area (Å²) in [5.41, 5.74) is 3.00. The third-order valence-corrected chi connectivity index (χ3v) is 4.97. The van der Waals surface area contributed by atoms with Gasteiger partial charge in [0.1, 0.15) is 0 Å². The summed E-state index contributed by atoms with van der Waals surface area (Å²) in [6, 6.07) is 11.9. The SMILES string of the molecule is O=C(Cc1csc(-c2ccco2)n1)NCc1ccc(Cn2ccnc2)cc1. The maximum absolute atomic E-state index is 12.2. The van der Waals surface area contributed by atoms with Gasteiger partial charge in [0.05, 0.1) is 24.7 Å². The highest BCUT2D eigenvalue weighted by Crippen LogP contribution is 2.24. The van der Waals surface area contributed by atoms with E-state index >= 15 is 0 Å². The molecule has 1 aromatic carbocycles. The minimum absolute atomic E-state index is 0.0474. The van der Waals surface area contributed by atoms with Crippen LogP contribution < -0.4 is 5.32 Å². The molecule has 3 heterocycles. The van der Waals surface area contributed by atoms with E-state index < -0.39 is 0 Å². The van der Waals surface area contributed by atoms with E-state index in [1.54, 1.807) is 18.8 Å². The fourth-order valence-electron chi connectivity index (χ4n) is 2.68. The van der Waals surface area contributed by atoms with Crippen molar-refractivity contribution in [3.05, 3.63) is 83.6 Å². The van der Waals surface area contributed by atoms with Crippen molar-refractivity contribution in [2.75, 3.05) is 0 Å². The van der Waals surface area contributed by atoms with Crippen LogP contribution in [0, 0.1) is 0 Å². The minimum atomic E-state index is -0.0474. The van der Waals surface area contributed by atoms with E-state index in [4.69, 9.17) is 4.42 Å². The number of benzene rings is 1. The number of rotatable bonds is 7. The summed E-state index contributed by atoms with van der Waals surface area (Å²) < 4.78 is 7.34. The number of aromatic nitrogens is 3. The zero-order valence-electron chi connectivity index (χ0n) is 14.5. The summed E-state index contributed by atoms with van der Waals surface area (Å²) in [5.74, 6) is 0.677. The number of furan rings is 1. The molecule has 0 saturated heterocycles. The van der Waals surface area contributed by atoms with Crippen LogP contribution >= 0.6 is 11.3 Å². The smallest absolute Gasteiger partial charge is 0.226 e. The Balaban J connectivity index is 1.28. The molecule has 136 valence electrons. The first kappa shape index (κ1) is 17.2. The second kappa shape index (κ2) is 8.01. The van der Waals surface area contributed by atoms with E-state index in [2.05, 4.69) is 27.4 Å². The average molecular weight is 378 g/mol. The number of nitrogens with zero attached hydrogens (tertiary/aromatic N) is 3. The molecule has 27 heavy (non-hydrogen) atoms. The van der Waals surface area contributed by atoms with Crippen LogP contribution in [0.2, 0.25) is 0 Å². The molecule has 4 rings (SSSR count). The van der Waals surface area contributed by atoms with Gasteiger partial charge in [-0.15, -0.1) is 11.3 Å². The second-order valence-electron chi connectivity index (χ2n) is 6.13. The molecule has 0 aliphatic heterocycles. The van der Waals surface area contributed by atoms with Crippen LogP contribution in [-0.4, -0.2) is 20.4 Å². The van der Waals surface area contributed by atoms with Gasteiger partial charge in [0.2, 0.25) is 5.91 Å². The Kier molecular flexibility index (Phi) is 5.11. The summed E-state index contributed by atoms with van der Waals surface area (Å²) in [6.07, 6.45) is 7.37. The maximum Gasteiger partial charge on any atom is 0.226 e. The quantitative estimate of drug-likeness (QED) is 0.534. The molecule has 6 nitrogen and oxygen atoms in total. The van der Waals surface area contributed by atoms with Crippen LogP contribution in [0.15, 0.2) is 71.2 Å². The van der Waals surface area contributed by atoms with Gasteiger partial charge in [-0.25, -0.2) is 9.97 Å². The number of hydrogen-bond donors (Lipinski definition) is 1. The van der Waals surface area contributed by atoms with Gasteiger partial charge in [0.25, 0.3) is 0 Å². The molecule has 0 radical (unpaired) electrons. The maximum atomic E-state index is 12.2. The Morgan fingerprint density at radius 2 is 2.04 bits per heavy atom. The number of imidazole rings is 1.